The Labute approximate surface area is 140 Å². The van der Waals surface area contributed by atoms with Gasteiger partial charge in [0.05, 0.1) is 17.5 Å². The summed E-state index contributed by atoms with van der Waals surface area (Å²) in [6.45, 7) is 1.92. The molecule has 3 aromatic heterocycles. The number of anilines is 1. The molecule has 1 fully saturated rings. The molecule has 4 rings (SSSR count). The molecule has 0 radical (unpaired) electrons. The molecule has 0 spiro atoms. The average Bonchev–Trinajstić information content (AvgIpc) is 3.01. The molecule has 124 valence electrons. The van der Waals surface area contributed by atoms with Crippen molar-refractivity contribution in [2.24, 2.45) is 0 Å². The van der Waals surface area contributed by atoms with Crippen LogP contribution in [0.25, 0.3) is 16.9 Å². The topological polar surface area (TPSA) is 75.3 Å². The first-order chi connectivity index (χ1) is 11.6. The number of hydrogen-bond acceptors (Lipinski definition) is 5. The third-order valence-electron chi connectivity index (χ3n) is 4.75. The SMILES string of the molecule is CC1(O)CCC(Nc2ccc3ncc(-c4ccncc4)n3n2)CC1. The number of aromatic nitrogens is 4. The maximum atomic E-state index is 10.1. The number of nitrogens with one attached hydrogen (secondary N) is 1. The van der Waals surface area contributed by atoms with Crippen molar-refractivity contribution in [3.8, 4) is 11.3 Å². The molecule has 3 aromatic rings. The summed E-state index contributed by atoms with van der Waals surface area (Å²) < 4.78 is 1.86. The van der Waals surface area contributed by atoms with Crippen LogP contribution in [0.5, 0.6) is 0 Å². The fourth-order valence-electron chi connectivity index (χ4n) is 3.26. The highest BCUT2D eigenvalue weighted by Gasteiger charge is 2.28. The maximum absolute atomic E-state index is 10.1. The Morgan fingerprint density at radius 1 is 1.17 bits per heavy atom. The summed E-state index contributed by atoms with van der Waals surface area (Å²) in [6.07, 6.45) is 8.91. The quantitative estimate of drug-likeness (QED) is 0.775. The first-order valence-electron chi connectivity index (χ1n) is 8.35. The van der Waals surface area contributed by atoms with Gasteiger partial charge >= 0.3 is 0 Å². The molecule has 1 aliphatic carbocycles. The molecule has 0 unspecified atom stereocenters. The first kappa shape index (κ1) is 15.1. The Hall–Kier alpha value is -2.47. The molecule has 3 heterocycles. The van der Waals surface area contributed by atoms with Crippen LogP contribution in [0.3, 0.4) is 0 Å². The smallest absolute Gasteiger partial charge is 0.154 e. The van der Waals surface area contributed by atoms with E-state index in [1.807, 2.05) is 41.9 Å². The van der Waals surface area contributed by atoms with E-state index < -0.39 is 5.60 Å². The maximum Gasteiger partial charge on any atom is 0.154 e. The second kappa shape index (κ2) is 5.87. The van der Waals surface area contributed by atoms with E-state index in [1.54, 1.807) is 12.4 Å². The molecule has 1 saturated carbocycles. The molecule has 2 N–H and O–H groups in total. The second-order valence-corrected chi connectivity index (χ2v) is 6.78. The van der Waals surface area contributed by atoms with Crippen molar-refractivity contribution >= 4 is 11.5 Å². The van der Waals surface area contributed by atoms with Crippen molar-refractivity contribution in [2.45, 2.75) is 44.2 Å². The van der Waals surface area contributed by atoms with Crippen LogP contribution in [-0.4, -0.2) is 36.3 Å². The third kappa shape index (κ3) is 2.97. The minimum Gasteiger partial charge on any atom is -0.390 e. The van der Waals surface area contributed by atoms with Crippen LogP contribution in [0, 0.1) is 0 Å². The Morgan fingerprint density at radius 3 is 2.67 bits per heavy atom. The summed E-state index contributed by atoms with van der Waals surface area (Å²) in [7, 11) is 0. The van der Waals surface area contributed by atoms with Crippen molar-refractivity contribution in [3.63, 3.8) is 0 Å². The van der Waals surface area contributed by atoms with E-state index in [0.29, 0.717) is 6.04 Å². The lowest BCUT2D eigenvalue weighted by molar-refractivity contribution is 0.0196. The highest BCUT2D eigenvalue weighted by molar-refractivity contribution is 5.63. The number of pyridine rings is 1. The van der Waals surface area contributed by atoms with Crippen LogP contribution in [0.15, 0.2) is 42.9 Å². The molecule has 6 heteroatoms. The van der Waals surface area contributed by atoms with Crippen molar-refractivity contribution < 1.29 is 5.11 Å². The largest absolute Gasteiger partial charge is 0.390 e. The predicted molar refractivity (Wildman–Crippen MR) is 92.7 cm³/mol. The number of aliphatic hydroxyl groups is 1. The number of hydrogen-bond donors (Lipinski definition) is 2. The van der Waals surface area contributed by atoms with E-state index in [1.165, 1.54) is 0 Å². The minimum atomic E-state index is -0.519. The molecule has 1 aliphatic rings. The molecule has 0 amide bonds. The van der Waals surface area contributed by atoms with Crippen molar-refractivity contribution in [1.82, 2.24) is 19.6 Å². The summed E-state index contributed by atoms with van der Waals surface area (Å²) in [6, 6.07) is 8.19. The van der Waals surface area contributed by atoms with Crippen molar-refractivity contribution in [2.75, 3.05) is 5.32 Å². The van der Waals surface area contributed by atoms with Gasteiger partial charge in [0.2, 0.25) is 0 Å². The van der Waals surface area contributed by atoms with Gasteiger partial charge in [0.15, 0.2) is 5.65 Å². The van der Waals surface area contributed by atoms with Gasteiger partial charge < -0.3 is 10.4 Å². The second-order valence-electron chi connectivity index (χ2n) is 6.78. The minimum absolute atomic E-state index is 0.350. The fraction of sp³-hybridized carbons (Fsp3) is 0.389. The van der Waals surface area contributed by atoms with E-state index >= 15 is 0 Å². The van der Waals surface area contributed by atoms with Gasteiger partial charge in [0.1, 0.15) is 5.82 Å². The molecule has 6 nitrogen and oxygen atoms in total. The summed E-state index contributed by atoms with van der Waals surface area (Å²) in [5.41, 5.74) is 2.28. The average molecular weight is 323 g/mol. The normalized spacial score (nSPS) is 24.2. The van der Waals surface area contributed by atoms with Gasteiger partial charge in [0.25, 0.3) is 0 Å². The molecular formula is C18H21N5O. The number of rotatable bonds is 3. The van der Waals surface area contributed by atoms with Gasteiger partial charge in [-0.3, -0.25) is 4.98 Å². The van der Waals surface area contributed by atoms with Crippen LogP contribution in [0.4, 0.5) is 5.82 Å². The van der Waals surface area contributed by atoms with Crippen LogP contribution >= 0.6 is 0 Å². The van der Waals surface area contributed by atoms with Crippen LogP contribution in [-0.2, 0) is 0 Å². The fourth-order valence-corrected chi connectivity index (χ4v) is 3.26. The van der Waals surface area contributed by atoms with Gasteiger partial charge in [-0.2, -0.15) is 0 Å². The Balaban J connectivity index is 1.59. The van der Waals surface area contributed by atoms with Gasteiger partial charge in [-0.25, -0.2) is 9.50 Å². The Bertz CT molecular complexity index is 833. The van der Waals surface area contributed by atoms with Crippen LogP contribution < -0.4 is 5.32 Å². The number of imidazole rings is 1. The molecule has 0 aromatic carbocycles. The van der Waals surface area contributed by atoms with Crippen LogP contribution in [0.2, 0.25) is 0 Å². The highest BCUT2D eigenvalue weighted by Crippen LogP contribution is 2.29. The van der Waals surface area contributed by atoms with E-state index in [-0.39, 0.29) is 0 Å². The van der Waals surface area contributed by atoms with Crippen LogP contribution in [0.1, 0.15) is 32.6 Å². The van der Waals surface area contributed by atoms with E-state index in [9.17, 15) is 5.11 Å². The molecule has 0 atom stereocenters. The number of nitrogens with zero attached hydrogens (tertiary/aromatic N) is 4. The number of fused-ring (bicyclic) bond motifs is 1. The van der Waals surface area contributed by atoms with Gasteiger partial charge in [-0.05, 0) is 56.9 Å². The molecule has 0 aliphatic heterocycles. The standard InChI is InChI=1S/C18H21N5O/c1-18(24)8-4-14(5-9-18)21-16-2-3-17-20-12-15(23(17)22-16)13-6-10-19-11-7-13/h2-3,6-7,10-12,14,24H,4-5,8-9H2,1H3,(H,21,22). The first-order valence-corrected chi connectivity index (χ1v) is 8.35. The summed E-state index contributed by atoms with van der Waals surface area (Å²) in [4.78, 5) is 8.48. The van der Waals surface area contributed by atoms with Gasteiger partial charge in [0, 0.05) is 24.0 Å². The summed E-state index contributed by atoms with van der Waals surface area (Å²) in [5.74, 6) is 0.836. The third-order valence-corrected chi connectivity index (χ3v) is 4.75. The zero-order chi connectivity index (χ0) is 16.6. The molecular weight excluding hydrogens is 302 g/mol. The lowest BCUT2D eigenvalue weighted by atomic mass is 9.84. The monoisotopic (exact) mass is 323 g/mol. The van der Waals surface area contributed by atoms with E-state index in [2.05, 4.69) is 15.3 Å². The predicted octanol–water partition coefficient (Wildman–Crippen LogP) is 2.90. The Kier molecular flexibility index (Phi) is 3.69. The van der Waals surface area contributed by atoms with Crippen molar-refractivity contribution in [3.05, 3.63) is 42.9 Å². The molecule has 0 saturated heterocycles. The highest BCUT2D eigenvalue weighted by atomic mass is 16.3. The zero-order valence-electron chi connectivity index (χ0n) is 13.7. The molecule has 24 heavy (non-hydrogen) atoms. The van der Waals surface area contributed by atoms with Gasteiger partial charge in [-0.1, -0.05) is 0 Å². The van der Waals surface area contributed by atoms with Gasteiger partial charge in [-0.15, -0.1) is 5.10 Å². The zero-order valence-corrected chi connectivity index (χ0v) is 13.7. The Morgan fingerprint density at radius 2 is 1.92 bits per heavy atom. The van der Waals surface area contributed by atoms with E-state index in [0.717, 1.165) is 48.4 Å². The lowest BCUT2D eigenvalue weighted by Gasteiger charge is -2.33. The van der Waals surface area contributed by atoms with Crippen molar-refractivity contribution in [1.29, 1.82) is 0 Å². The lowest BCUT2D eigenvalue weighted by Crippen LogP contribution is -2.36. The van der Waals surface area contributed by atoms with E-state index in [4.69, 9.17) is 5.10 Å². The summed E-state index contributed by atoms with van der Waals surface area (Å²) in [5, 5.41) is 18.3. The summed E-state index contributed by atoms with van der Waals surface area (Å²) >= 11 is 0. The molecule has 0 bridgehead atoms.